The molecule has 6 nitrogen and oxygen atoms in total. The van der Waals surface area contributed by atoms with Crippen molar-refractivity contribution >= 4 is 17.5 Å². The monoisotopic (exact) mass is 347 g/mol. The summed E-state index contributed by atoms with van der Waals surface area (Å²) in [5, 5.41) is 4.51. The van der Waals surface area contributed by atoms with Crippen molar-refractivity contribution in [3.05, 3.63) is 40.5 Å². The third-order valence-corrected chi connectivity index (χ3v) is 4.83. The topological polar surface area (TPSA) is 68.5 Å². The summed E-state index contributed by atoms with van der Waals surface area (Å²) in [4.78, 5) is 19.0. The van der Waals surface area contributed by atoms with E-state index in [4.69, 9.17) is 20.9 Å². The van der Waals surface area contributed by atoms with Gasteiger partial charge in [0, 0.05) is 24.5 Å². The highest BCUT2D eigenvalue weighted by Gasteiger charge is 2.36. The Morgan fingerprint density at radius 3 is 3.08 bits per heavy atom. The molecule has 2 aliphatic heterocycles. The smallest absolute Gasteiger partial charge is 0.264 e. The van der Waals surface area contributed by atoms with Gasteiger partial charge in [-0.3, -0.25) is 4.79 Å². The summed E-state index contributed by atoms with van der Waals surface area (Å²) >= 11 is 6.01. The summed E-state index contributed by atoms with van der Waals surface area (Å²) in [5.74, 6) is 2.11. The Hall–Kier alpha value is -2.08. The van der Waals surface area contributed by atoms with E-state index in [9.17, 15) is 4.79 Å². The molecule has 0 radical (unpaired) electrons. The molecule has 24 heavy (non-hydrogen) atoms. The molecule has 4 rings (SSSR count). The molecule has 1 amide bonds. The molecule has 3 heterocycles. The second kappa shape index (κ2) is 6.09. The lowest BCUT2D eigenvalue weighted by molar-refractivity contribution is -0.139. The summed E-state index contributed by atoms with van der Waals surface area (Å²) in [6.45, 7) is 3.13. The first kappa shape index (κ1) is 15.4. The lowest BCUT2D eigenvalue weighted by Gasteiger charge is -2.32. The van der Waals surface area contributed by atoms with Crippen molar-refractivity contribution in [3.8, 4) is 5.75 Å². The van der Waals surface area contributed by atoms with Crippen LogP contribution in [0.3, 0.4) is 0 Å². The molecule has 1 fully saturated rings. The molecule has 0 unspecified atom stereocenters. The first-order valence-corrected chi connectivity index (χ1v) is 8.52. The minimum absolute atomic E-state index is 0.0169. The Bertz CT molecular complexity index is 776. The Kier molecular flexibility index (Phi) is 3.92. The predicted molar refractivity (Wildman–Crippen MR) is 87.2 cm³/mol. The number of hydrogen-bond acceptors (Lipinski definition) is 5. The Labute approximate surface area is 144 Å². The van der Waals surface area contributed by atoms with Crippen molar-refractivity contribution in [3.63, 3.8) is 0 Å². The highest BCUT2D eigenvalue weighted by atomic mass is 35.5. The van der Waals surface area contributed by atoms with Crippen molar-refractivity contribution in [1.82, 2.24) is 15.0 Å². The molecule has 7 heteroatoms. The van der Waals surface area contributed by atoms with E-state index in [2.05, 4.69) is 10.1 Å². The number of nitrogens with zero attached hydrogens (tertiary/aromatic N) is 3. The number of benzene rings is 1. The normalized spacial score (nSPS) is 23.0. The van der Waals surface area contributed by atoms with Crippen LogP contribution in [0.4, 0.5) is 0 Å². The molecule has 0 N–H and O–H groups in total. The molecular weight excluding hydrogens is 330 g/mol. The lowest BCUT2D eigenvalue weighted by atomic mass is 9.97. The zero-order valence-electron chi connectivity index (χ0n) is 13.4. The molecule has 1 aromatic carbocycles. The number of amides is 1. The van der Waals surface area contributed by atoms with Gasteiger partial charge in [0.2, 0.25) is 5.89 Å². The van der Waals surface area contributed by atoms with E-state index in [1.54, 1.807) is 13.0 Å². The van der Waals surface area contributed by atoms with Gasteiger partial charge >= 0.3 is 0 Å². The van der Waals surface area contributed by atoms with Crippen molar-refractivity contribution in [2.24, 2.45) is 0 Å². The average Bonchev–Trinajstić information content (AvgIpc) is 3.20. The molecule has 0 aliphatic carbocycles. The lowest BCUT2D eigenvalue weighted by Crippen LogP contribution is -2.46. The Balaban J connectivity index is 1.45. The third-order valence-electron chi connectivity index (χ3n) is 4.60. The molecule has 2 atom stereocenters. The first-order valence-electron chi connectivity index (χ1n) is 8.14. The second-order valence-corrected chi connectivity index (χ2v) is 6.80. The summed E-state index contributed by atoms with van der Waals surface area (Å²) in [7, 11) is 0. The number of aryl methyl sites for hydroxylation is 1. The highest BCUT2D eigenvalue weighted by Crippen LogP contribution is 2.33. The van der Waals surface area contributed by atoms with Gasteiger partial charge in [-0.15, -0.1) is 0 Å². The van der Waals surface area contributed by atoms with Gasteiger partial charge in [0.15, 0.2) is 11.9 Å². The molecular formula is C17H18ClN3O3. The van der Waals surface area contributed by atoms with Crippen molar-refractivity contribution < 1.29 is 14.1 Å². The fourth-order valence-electron chi connectivity index (χ4n) is 3.42. The van der Waals surface area contributed by atoms with Gasteiger partial charge in [-0.05, 0) is 43.5 Å². The van der Waals surface area contributed by atoms with Gasteiger partial charge in [-0.25, -0.2) is 0 Å². The van der Waals surface area contributed by atoms with Crippen LogP contribution in [0.2, 0.25) is 5.02 Å². The number of carbonyl (C=O) groups excluding carboxylic acids is 1. The summed E-state index contributed by atoms with van der Waals surface area (Å²) < 4.78 is 11.1. The van der Waals surface area contributed by atoms with E-state index >= 15 is 0 Å². The van der Waals surface area contributed by atoms with Gasteiger partial charge < -0.3 is 14.2 Å². The van der Waals surface area contributed by atoms with Crippen LogP contribution < -0.4 is 4.74 Å². The van der Waals surface area contributed by atoms with Gasteiger partial charge in [-0.1, -0.05) is 16.8 Å². The number of hydrogen-bond donors (Lipinski definition) is 0. The zero-order valence-corrected chi connectivity index (χ0v) is 14.1. The van der Waals surface area contributed by atoms with E-state index in [0.29, 0.717) is 29.7 Å². The molecule has 1 aromatic heterocycles. The average molecular weight is 348 g/mol. The first-order chi connectivity index (χ1) is 11.6. The summed E-state index contributed by atoms with van der Waals surface area (Å²) in [6.07, 6.45) is 1.97. The number of halogens is 1. The fourth-order valence-corrected chi connectivity index (χ4v) is 3.61. The molecule has 2 aliphatic rings. The van der Waals surface area contributed by atoms with Crippen LogP contribution in [0.1, 0.15) is 36.0 Å². The van der Waals surface area contributed by atoms with E-state index in [0.717, 1.165) is 30.7 Å². The van der Waals surface area contributed by atoms with E-state index < -0.39 is 6.10 Å². The van der Waals surface area contributed by atoms with Gasteiger partial charge in [0.25, 0.3) is 5.91 Å². The van der Waals surface area contributed by atoms with Crippen LogP contribution in [-0.4, -0.2) is 40.1 Å². The molecule has 126 valence electrons. The number of carbonyl (C=O) groups is 1. The van der Waals surface area contributed by atoms with Crippen LogP contribution >= 0.6 is 11.6 Å². The second-order valence-electron chi connectivity index (χ2n) is 6.37. The van der Waals surface area contributed by atoms with Gasteiger partial charge in [0.1, 0.15) is 5.75 Å². The highest BCUT2D eigenvalue weighted by molar-refractivity contribution is 6.30. The van der Waals surface area contributed by atoms with Crippen molar-refractivity contribution in [2.45, 2.75) is 38.2 Å². The number of likely N-dealkylation sites (tertiary alicyclic amines) is 1. The minimum atomic E-state index is -0.471. The van der Waals surface area contributed by atoms with Crippen LogP contribution in [0, 0.1) is 6.92 Å². The number of ether oxygens (including phenoxy) is 1. The SMILES string of the molecule is Cc1noc([C@@H]2CCCN(C(=O)[C@H]3Cc4cc(Cl)ccc4O3)C2)n1. The molecule has 0 saturated carbocycles. The summed E-state index contributed by atoms with van der Waals surface area (Å²) in [6, 6.07) is 5.47. The Morgan fingerprint density at radius 2 is 2.29 bits per heavy atom. The van der Waals surface area contributed by atoms with Gasteiger partial charge in [-0.2, -0.15) is 4.98 Å². The van der Waals surface area contributed by atoms with E-state index in [1.165, 1.54) is 0 Å². The Morgan fingerprint density at radius 1 is 1.42 bits per heavy atom. The fraction of sp³-hybridized carbons (Fsp3) is 0.471. The van der Waals surface area contributed by atoms with Crippen LogP contribution in [0.25, 0.3) is 0 Å². The predicted octanol–water partition coefficient (Wildman–Crippen LogP) is 2.74. The minimum Gasteiger partial charge on any atom is -0.480 e. The maximum Gasteiger partial charge on any atom is 0.264 e. The van der Waals surface area contributed by atoms with E-state index in [-0.39, 0.29) is 11.8 Å². The van der Waals surface area contributed by atoms with Crippen molar-refractivity contribution in [1.29, 1.82) is 0 Å². The zero-order chi connectivity index (χ0) is 16.7. The third kappa shape index (κ3) is 2.86. The maximum absolute atomic E-state index is 12.8. The van der Waals surface area contributed by atoms with Crippen LogP contribution in [0.15, 0.2) is 22.7 Å². The molecule has 2 aromatic rings. The van der Waals surface area contributed by atoms with Crippen LogP contribution in [-0.2, 0) is 11.2 Å². The number of fused-ring (bicyclic) bond motifs is 1. The number of piperidine rings is 1. The van der Waals surface area contributed by atoms with Crippen LogP contribution in [0.5, 0.6) is 5.75 Å². The number of aromatic nitrogens is 2. The van der Waals surface area contributed by atoms with Gasteiger partial charge in [0.05, 0.1) is 5.92 Å². The summed E-state index contributed by atoms with van der Waals surface area (Å²) in [5.41, 5.74) is 0.988. The molecule has 0 spiro atoms. The standard InChI is InChI=1S/C17H18ClN3O3/c1-10-19-16(24-20-10)11-3-2-6-21(9-11)17(22)15-8-12-7-13(18)4-5-14(12)23-15/h4-5,7,11,15H,2-3,6,8-9H2,1H3/t11-,15-/m1/s1. The molecule has 0 bridgehead atoms. The molecule has 1 saturated heterocycles. The van der Waals surface area contributed by atoms with Crippen molar-refractivity contribution in [2.75, 3.05) is 13.1 Å². The number of rotatable bonds is 2. The van der Waals surface area contributed by atoms with E-state index in [1.807, 2.05) is 17.0 Å². The largest absolute Gasteiger partial charge is 0.480 e. The maximum atomic E-state index is 12.8. The quantitative estimate of drug-likeness (QED) is 0.835.